The third-order valence-corrected chi connectivity index (χ3v) is 3.89. The Morgan fingerprint density at radius 2 is 2.04 bits per heavy atom. The number of carboxylic acids is 1. The first-order valence-electron chi connectivity index (χ1n) is 7.62. The normalized spacial score (nSPS) is 10.6. The summed E-state index contributed by atoms with van der Waals surface area (Å²) in [6, 6.07) is 7.31. The molecular weight excluding hydrogens is 332 g/mol. The standard InChI is InChI=1S/C17H19ClN2O4/c1-20(10-4-7-17(22)23)16(21)9-8-15-19-11-14(24-15)12-5-2-3-6-13(12)18/h2-3,5-6,11H,4,7-10H2,1H3,(H,22,23). The Kier molecular flexibility index (Phi) is 6.37. The summed E-state index contributed by atoms with van der Waals surface area (Å²) in [4.78, 5) is 28.2. The number of hydrogen-bond donors (Lipinski definition) is 1. The summed E-state index contributed by atoms with van der Waals surface area (Å²) in [5.41, 5.74) is 0.759. The van der Waals surface area contributed by atoms with Crippen molar-refractivity contribution in [2.75, 3.05) is 13.6 Å². The molecule has 0 aliphatic heterocycles. The summed E-state index contributed by atoms with van der Waals surface area (Å²) in [6.45, 7) is 0.418. The van der Waals surface area contributed by atoms with E-state index in [4.69, 9.17) is 21.1 Å². The average molecular weight is 351 g/mol. The maximum atomic E-state index is 12.0. The number of hydrogen-bond acceptors (Lipinski definition) is 4. The number of amides is 1. The second-order valence-electron chi connectivity index (χ2n) is 5.41. The van der Waals surface area contributed by atoms with Crippen LogP contribution in [0.15, 0.2) is 34.9 Å². The Morgan fingerprint density at radius 3 is 2.75 bits per heavy atom. The van der Waals surface area contributed by atoms with Crippen LogP contribution in [0.5, 0.6) is 0 Å². The number of nitrogens with zero attached hydrogens (tertiary/aromatic N) is 2. The first-order valence-corrected chi connectivity index (χ1v) is 8.00. The maximum Gasteiger partial charge on any atom is 0.303 e. The van der Waals surface area contributed by atoms with E-state index in [-0.39, 0.29) is 18.7 Å². The number of aliphatic carboxylic acids is 1. The van der Waals surface area contributed by atoms with E-state index < -0.39 is 5.97 Å². The zero-order valence-electron chi connectivity index (χ0n) is 13.4. The fourth-order valence-electron chi connectivity index (χ4n) is 2.21. The topological polar surface area (TPSA) is 83.6 Å². The van der Waals surface area contributed by atoms with Crippen LogP contribution in [-0.2, 0) is 16.0 Å². The summed E-state index contributed by atoms with van der Waals surface area (Å²) in [5, 5.41) is 9.18. The van der Waals surface area contributed by atoms with Crippen LogP contribution in [-0.4, -0.2) is 40.5 Å². The zero-order chi connectivity index (χ0) is 17.5. The predicted molar refractivity (Wildman–Crippen MR) is 89.8 cm³/mol. The van der Waals surface area contributed by atoms with Gasteiger partial charge in [-0.15, -0.1) is 0 Å². The minimum atomic E-state index is -0.859. The van der Waals surface area contributed by atoms with Gasteiger partial charge in [0.15, 0.2) is 11.7 Å². The first-order chi connectivity index (χ1) is 11.5. The van der Waals surface area contributed by atoms with Gasteiger partial charge in [-0.25, -0.2) is 4.98 Å². The largest absolute Gasteiger partial charge is 0.481 e. The summed E-state index contributed by atoms with van der Waals surface area (Å²) in [6.07, 6.45) is 2.72. The number of benzene rings is 1. The number of carboxylic acid groups (broad SMARTS) is 1. The summed E-state index contributed by atoms with van der Waals surface area (Å²) < 4.78 is 5.65. The summed E-state index contributed by atoms with van der Waals surface area (Å²) >= 11 is 6.12. The molecule has 1 aromatic heterocycles. The molecule has 7 heteroatoms. The Balaban J connectivity index is 1.85. The van der Waals surface area contributed by atoms with Crippen LogP contribution < -0.4 is 0 Å². The van der Waals surface area contributed by atoms with Crippen molar-refractivity contribution in [3.8, 4) is 11.3 Å². The fourth-order valence-corrected chi connectivity index (χ4v) is 2.44. The lowest BCUT2D eigenvalue weighted by molar-refractivity contribution is -0.138. The highest BCUT2D eigenvalue weighted by atomic mass is 35.5. The molecule has 24 heavy (non-hydrogen) atoms. The number of halogens is 1. The molecule has 2 rings (SSSR count). The van der Waals surface area contributed by atoms with Gasteiger partial charge in [-0.1, -0.05) is 23.7 Å². The van der Waals surface area contributed by atoms with Crippen LogP contribution in [0.3, 0.4) is 0 Å². The molecule has 0 saturated carbocycles. The highest BCUT2D eigenvalue weighted by Gasteiger charge is 2.13. The van der Waals surface area contributed by atoms with Gasteiger partial charge in [-0.05, 0) is 18.6 Å². The maximum absolute atomic E-state index is 12.0. The number of oxazole rings is 1. The van der Waals surface area contributed by atoms with Gasteiger partial charge in [0, 0.05) is 38.4 Å². The number of carbonyl (C=O) groups is 2. The van der Waals surface area contributed by atoms with Crippen molar-refractivity contribution in [1.82, 2.24) is 9.88 Å². The molecule has 0 atom stereocenters. The SMILES string of the molecule is CN(CCCC(=O)O)C(=O)CCc1ncc(-c2ccccc2Cl)o1. The minimum Gasteiger partial charge on any atom is -0.481 e. The molecule has 0 aliphatic rings. The molecule has 0 bridgehead atoms. The van der Waals surface area contributed by atoms with Crippen molar-refractivity contribution >= 4 is 23.5 Å². The van der Waals surface area contributed by atoms with E-state index in [1.807, 2.05) is 18.2 Å². The molecule has 0 radical (unpaired) electrons. The molecule has 1 aromatic carbocycles. The third-order valence-electron chi connectivity index (χ3n) is 3.56. The highest BCUT2D eigenvalue weighted by Crippen LogP contribution is 2.28. The van der Waals surface area contributed by atoms with Gasteiger partial charge in [0.25, 0.3) is 0 Å². The molecule has 1 N–H and O–H groups in total. The zero-order valence-corrected chi connectivity index (χ0v) is 14.1. The van der Waals surface area contributed by atoms with E-state index in [1.54, 1.807) is 19.3 Å². The minimum absolute atomic E-state index is 0.0541. The lowest BCUT2D eigenvalue weighted by Crippen LogP contribution is -2.28. The van der Waals surface area contributed by atoms with Gasteiger partial charge in [0.2, 0.25) is 5.91 Å². The van der Waals surface area contributed by atoms with Gasteiger partial charge in [-0.3, -0.25) is 9.59 Å². The number of aryl methyl sites for hydroxylation is 1. The van der Waals surface area contributed by atoms with Gasteiger partial charge in [-0.2, -0.15) is 0 Å². The number of aromatic nitrogens is 1. The molecule has 6 nitrogen and oxygen atoms in total. The second-order valence-corrected chi connectivity index (χ2v) is 5.82. The molecule has 0 unspecified atom stereocenters. The van der Waals surface area contributed by atoms with E-state index in [0.29, 0.717) is 36.1 Å². The van der Waals surface area contributed by atoms with Crippen LogP contribution >= 0.6 is 11.6 Å². The van der Waals surface area contributed by atoms with Gasteiger partial charge >= 0.3 is 5.97 Å². The Morgan fingerprint density at radius 1 is 1.29 bits per heavy atom. The lowest BCUT2D eigenvalue weighted by Gasteiger charge is -2.15. The van der Waals surface area contributed by atoms with E-state index in [1.165, 1.54) is 4.90 Å². The van der Waals surface area contributed by atoms with E-state index in [9.17, 15) is 9.59 Å². The van der Waals surface area contributed by atoms with Crippen molar-refractivity contribution in [3.63, 3.8) is 0 Å². The number of rotatable bonds is 8. The molecule has 0 aliphatic carbocycles. The van der Waals surface area contributed by atoms with Crippen molar-refractivity contribution < 1.29 is 19.1 Å². The van der Waals surface area contributed by atoms with Crippen molar-refractivity contribution in [2.24, 2.45) is 0 Å². The molecule has 128 valence electrons. The van der Waals surface area contributed by atoms with E-state index >= 15 is 0 Å². The van der Waals surface area contributed by atoms with Gasteiger partial charge in [0.05, 0.1) is 11.2 Å². The van der Waals surface area contributed by atoms with E-state index in [2.05, 4.69) is 4.98 Å². The Bertz CT molecular complexity index is 714. The quantitative estimate of drug-likeness (QED) is 0.790. The molecule has 2 aromatic rings. The molecule has 0 fully saturated rings. The van der Waals surface area contributed by atoms with Crippen LogP contribution in [0.25, 0.3) is 11.3 Å². The van der Waals surface area contributed by atoms with Crippen molar-refractivity contribution in [1.29, 1.82) is 0 Å². The molecular formula is C17H19ClN2O4. The Labute approximate surface area is 145 Å². The fraction of sp³-hybridized carbons (Fsp3) is 0.353. The predicted octanol–water partition coefficient (Wildman–Crippen LogP) is 3.25. The lowest BCUT2D eigenvalue weighted by atomic mass is 10.2. The molecule has 0 saturated heterocycles. The summed E-state index contributed by atoms with van der Waals surface area (Å²) in [7, 11) is 1.66. The smallest absolute Gasteiger partial charge is 0.303 e. The highest BCUT2D eigenvalue weighted by molar-refractivity contribution is 6.33. The monoisotopic (exact) mass is 350 g/mol. The van der Waals surface area contributed by atoms with Crippen LogP contribution in [0.4, 0.5) is 0 Å². The average Bonchev–Trinajstić information content (AvgIpc) is 3.01. The van der Waals surface area contributed by atoms with Crippen LogP contribution in [0.1, 0.15) is 25.2 Å². The van der Waals surface area contributed by atoms with Gasteiger partial charge in [0.1, 0.15) is 0 Å². The third kappa shape index (κ3) is 5.09. The van der Waals surface area contributed by atoms with Crippen LogP contribution in [0.2, 0.25) is 5.02 Å². The number of carbonyl (C=O) groups excluding carboxylic acids is 1. The Hall–Kier alpha value is -2.34. The molecule has 1 heterocycles. The van der Waals surface area contributed by atoms with Crippen molar-refractivity contribution in [2.45, 2.75) is 25.7 Å². The van der Waals surface area contributed by atoms with Crippen molar-refractivity contribution in [3.05, 3.63) is 41.4 Å². The molecule has 0 spiro atoms. The summed E-state index contributed by atoms with van der Waals surface area (Å²) in [5.74, 6) is 0.107. The van der Waals surface area contributed by atoms with E-state index in [0.717, 1.165) is 5.56 Å². The first kappa shape index (κ1) is 18.0. The van der Waals surface area contributed by atoms with Gasteiger partial charge < -0.3 is 14.4 Å². The van der Waals surface area contributed by atoms with Crippen LogP contribution in [0, 0.1) is 0 Å². The second kappa shape index (κ2) is 8.49. The molecule has 1 amide bonds.